The number of rotatable bonds is 4. The summed E-state index contributed by atoms with van der Waals surface area (Å²) in [6, 6.07) is 18.4. The summed E-state index contributed by atoms with van der Waals surface area (Å²) in [5.41, 5.74) is 2.69. The molecule has 5 heteroatoms. The van der Waals surface area contributed by atoms with Gasteiger partial charge in [-0.15, -0.1) is 0 Å². The summed E-state index contributed by atoms with van der Waals surface area (Å²) >= 11 is 0. The lowest BCUT2D eigenvalue weighted by molar-refractivity contribution is 0.444. The molecular weight excluding hydrogens is 339 g/mol. The first-order valence-corrected chi connectivity index (χ1v) is 9.39. The summed E-state index contributed by atoms with van der Waals surface area (Å²) in [6.07, 6.45) is 2.43. The summed E-state index contributed by atoms with van der Waals surface area (Å²) in [5.74, 6) is 1.85. The first-order chi connectivity index (χ1) is 13.2. The number of benzene rings is 2. The Kier molecular flexibility index (Phi) is 5.01. The van der Waals surface area contributed by atoms with Gasteiger partial charge in [-0.05, 0) is 43.0 Å². The molecule has 4 nitrogen and oxygen atoms in total. The zero-order valence-electron chi connectivity index (χ0n) is 15.4. The monoisotopic (exact) mass is 362 g/mol. The molecule has 0 bridgehead atoms. The highest BCUT2D eigenvalue weighted by Gasteiger charge is 2.19. The third kappa shape index (κ3) is 4.25. The number of nitrogens with one attached hydrogen (secondary N) is 1. The molecular formula is C22H23FN4. The van der Waals surface area contributed by atoms with Gasteiger partial charge in [0.1, 0.15) is 11.6 Å². The molecule has 1 N–H and O–H groups in total. The fourth-order valence-electron chi connectivity index (χ4n) is 3.47. The second kappa shape index (κ2) is 7.74. The number of hydrogen-bond acceptors (Lipinski definition) is 4. The Balaban J connectivity index is 1.70. The Morgan fingerprint density at radius 3 is 2.56 bits per heavy atom. The maximum Gasteiger partial charge on any atom is 0.229 e. The van der Waals surface area contributed by atoms with Crippen molar-refractivity contribution in [3.63, 3.8) is 0 Å². The van der Waals surface area contributed by atoms with Gasteiger partial charge in [0.2, 0.25) is 5.95 Å². The number of aromatic nitrogens is 2. The number of halogens is 1. The molecule has 27 heavy (non-hydrogen) atoms. The van der Waals surface area contributed by atoms with E-state index < -0.39 is 0 Å². The van der Waals surface area contributed by atoms with Crippen LogP contribution in [0, 0.1) is 11.7 Å². The zero-order valence-corrected chi connectivity index (χ0v) is 15.4. The van der Waals surface area contributed by atoms with Gasteiger partial charge in [-0.3, -0.25) is 0 Å². The quantitative estimate of drug-likeness (QED) is 0.687. The van der Waals surface area contributed by atoms with E-state index in [9.17, 15) is 4.39 Å². The van der Waals surface area contributed by atoms with Crippen molar-refractivity contribution >= 4 is 17.5 Å². The summed E-state index contributed by atoms with van der Waals surface area (Å²) in [7, 11) is 0. The average Bonchev–Trinajstić information content (AvgIpc) is 2.70. The minimum absolute atomic E-state index is 0.262. The van der Waals surface area contributed by atoms with Crippen LogP contribution in [0.2, 0.25) is 0 Å². The van der Waals surface area contributed by atoms with Crippen molar-refractivity contribution in [2.45, 2.75) is 19.8 Å². The predicted molar refractivity (Wildman–Crippen MR) is 108 cm³/mol. The Morgan fingerprint density at radius 2 is 1.81 bits per heavy atom. The van der Waals surface area contributed by atoms with Gasteiger partial charge in [0, 0.05) is 30.4 Å². The number of anilines is 3. The van der Waals surface area contributed by atoms with E-state index in [1.54, 1.807) is 12.1 Å². The Labute approximate surface area is 159 Å². The van der Waals surface area contributed by atoms with Crippen molar-refractivity contribution in [1.82, 2.24) is 9.97 Å². The summed E-state index contributed by atoms with van der Waals surface area (Å²) < 4.78 is 13.2. The molecule has 1 fully saturated rings. The van der Waals surface area contributed by atoms with Crippen LogP contribution in [0.1, 0.15) is 19.8 Å². The summed E-state index contributed by atoms with van der Waals surface area (Å²) in [4.78, 5) is 11.8. The van der Waals surface area contributed by atoms with Gasteiger partial charge in [-0.2, -0.15) is 4.98 Å². The largest absolute Gasteiger partial charge is 0.356 e. The topological polar surface area (TPSA) is 41.1 Å². The standard InChI is InChI=1S/C22H23FN4/c1-16-6-5-13-27(15-16)21-14-20(17-7-3-2-4-8-17)25-22(26-21)24-19-11-9-18(23)10-12-19/h2-4,7-12,14,16H,5-6,13,15H2,1H3,(H,24,25,26). The molecule has 0 saturated carbocycles. The van der Waals surface area contributed by atoms with Gasteiger partial charge >= 0.3 is 0 Å². The number of piperidine rings is 1. The van der Waals surface area contributed by atoms with Crippen LogP contribution >= 0.6 is 0 Å². The van der Waals surface area contributed by atoms with Crippen molar-refractivity contribution in [3.05, 3.63) is 66.5 Å². The van der Waals surface area contributed by atoms with Gasteiger partial charge in [0.05, 0.1) is 5.69 Å². The van der Waals surface area contributed by atoms with Crippen molar-refractivity contribution in [2.24, 2.45) is 5.92 Å². The lowest BCUT2D eigenvalue weighted by Crippen LogP contribution is -2.35. The Hall–Kier alpha value is -2.95. The van der Waals surface area contributed by atoms with Crippen molar-refractivity contribution in [2.75, 3.05) is 23.3 Å². The minimum atomic E-state index is -0.262. The van der Waals surface area contributed by atoms with Crippen LogP contribution in [0.5, 0.6) is 0 Å². The van der Waals surface area contributed by atoms with E-state index in [4.69, 9.17) is 9.97 Å². The first-order valence-electron chi connectivity index (χ1n) is 9.39. The molecule has 1 aliphatic heterocycles. The number of hydrogen-bond donors (Lipinski definition) is 1. The smallest absolute Gasteiger partial charge is 0.229 e. The van der Waals surface area contributed by atoms with E-state index in [0.717, 1.165) is 35.9 Å². The molecule has 1 saturated heterocycles. The lowest BCUT2D eigenvalue weighted by Gasteiger charge is -2.32. The summed E-state index contributed by atoms with van der Waals surface area (Å²) in [6.45, 7) is 4.29. The molecule has 138 valence electrons. The minimum Gasteiger partial charge on any atom is -0.356 e. The van der Waals surface area contributed by atoms with Crippen molar-refractivity contribution in [1.29, 1.82) is 0 Å². The third-order valence-electron chi connectivity index (χ3n) is 4.86. The van der Waals surface area contributed by atoms with E-state index >= 15 is 0 Å². The van der Waals surface area contributed by atoms with E-state index in [1.807, 2.05) is 30.3 Å². The predicted octanol–water partition coefficient (Wildman–Crippen LogP) is 5.26. The van der Waals surface area contributed by atoms with Crippen LogP contribution in [0.15, 0.2) is 60.7 Å². The average molecular weight is 362 g/mol. The molecule has 1 unspecified atom stereocenters. The van der Waals surface area contributed by atoms with Crippen LogP contribution in [0.4, 0.5) is 21.8 Å². The van der Waals surface area contributed by atoms with E-state index in [2.05, 4.69) is 23.2 Å². The highest BCUT2D eigenvalue weighted by molar-refractivity contribution is 5.66. The van der Waals surface area contributed by atoms with Crippen LogP contribution in [-0.4, -0.2) is 23.1 Å². The maximum absolute atomic E-state index is 13.2. The van der Waals surface area contributed by atoms with Crippen LogP contribution in [0.25, 0.3) is 11.3 Å². The van der Waals surface area contributed by atoms with E-state index in [1.165, 1.54) is 25.0 Å². The highest BCUT2D eigenvalue weighted by atomic mass is 19.1. The molecule has 0 spiro atoms. The maximum atomic E-state index is 13.2. The Bertz CT molecular complexity index is 896. The van der Waals surface area contributed by atoms with Gasteiger partial charge < -0.3 is 10.2 Å². The van der Waals surface area contributed by atoms with E-state index in [0.29, 0.717) is 11.9 Å². The molecule has 2 aromatic carbocycles. The van der Waals surface area contributed by atoms with Crippen LogP contribution < -0.4 is 10.2 Å². The third-order valence-corrected chi connectivity index (χ3v) is 4.86. The second-order valence-electron chi connectivity index (χ2n) is 7.13. The van der Waals surface area contributed by atoms with Crippen LogP contribution in [0.3, 0.4) is 0 Å². The Morgan fingerprint density at radius 1 is 1.04 bits per heavy atom. The van der Waals surface area contributed by atoms with Gasteiger partial charge in [-0.25, -0.2) is 9.37 Å². The molecule has 3 aromatic rings. The highest BCUT2D eigenvalue weighted by Crippen LogP contribution is 2.27. The molecule has 0 aliphatic carbocycles. The van der Waals surface area contributed by atoms with Crippen molar-refractivity contribution < 1.29 is 4.39 Å². The van der Waals surface area contributed by atoms with Gasteiger partial charge in [0.15, 0.2) is 0 Å². The zero-order chi connectivity index (χ0) is 18.6. The molecule has 0 radical (unpaired) electrons. The van der Waals surface area contributed by atoms with E-state index in [-0.39, 0.29) is 5.82 Å². The SMILES string of the molecule is CC1CCCN(c2cc(-c3ccccc3)nc(Nc3ccc(F)cc3)n2)C1. The fraction of sp³-hybridized carbons (Fsp3) is 0.273. The molecule has 1 aliphatic rings. The lowest BCUT2D eigenvalue weighted by atomic mass is 10.0. The normalized spacial score (nSPS) is 17.0. The first kappa shape index (κ1) is 17.5. The molecule has 2 heterocycles. The van der Waals surface area contributed by atoms with Crippen LogP contribution in [-0.2, 0) is 0 Å². The van der Waals surface area contributed by atoms with Gasteiger partial charge in [-0.1, -0.05) is 37.3 Å². The van der Waals surface area contributed by atoms with Crippen molar-refractivity contribution in [3.8, 4) is 11.3 Å². The fourth-order valence-corrected chi connectivity index (χ4v) is 3.47. The summed E-state index contributed by atoms with van der Waals surface area (Å²) in [5, 5.41) is 3.22. The molecule has 1 atom stereocenters. The molecule has 1 aromatic heterocycles. The molecule has 4 rings (SSSR count). The second-order valence-corrected chi connectivity index (χ2v) is 7.13. The molecule has 0 amide bonds. The number of nitrogens with zero attached hydrogens (tertiary/aromatic N) is 3. The van der Waals surface area contributed by atoms with Gasteiger partial charge in [0.25, 0.3) is 0 Å².